The fourth-order valence-corrected chi connectivity index (χ4v) is 4.17. The van der Waals surface area contributed by atoms with Crippen molar-refractivity contribution in [2.75, 3.05) is 11.9 Å². The van der Waals surface area contributed by atoms with Crippen LogP contribution in [0.1, 0.15) is 41.6 Å². The maximum Gasteiger partial charge on any atom is 0.319 e. The number of ether oxygens (including phenoxy) is 1. The summed E-state index contributed by atoms with van der Waals surface area (Å²) in [5.41, 5.74) is 4.89. The van der Waals surface area contributed by atoms with E-state index in [2.05, 4.69) is 16.7 Å². The van der Waals surface area contributed by atoms with Gasteiger partial charge >= 0.3 is 12.0 Å². The Balaban J connectivity index is 2.04. The maximum atomic E-state index is 13.0. The van der Waals surface area contributed by atoms with Crippen LogP contribution in [0, 0.1) is 20.8 Å². The summed E-state index contributed by atoms with van der Waals surface area (Å²) in [5.74, 6) is -0.808. The molecule has 3 rings (SSSR count). The highest BCUT2D eigenvalue weighted by Gasteiger charge is 2.26. The topological polar surface area (TPSA) is 110 Å². The molecule has 0 aliphatic carbocycles. The first-order chi connectivity index (χ1) is 16.6. The van der Waals surface area contributed by atoms with Crippen molar-refractivity contribution in [1.82, 2.24) is 9.88 Å². The first-order valence-electron chi connectivity index (χ1n) is 11.4. The third kappa shape index (κ3) is 5.71. The second-order valence-corrected chi connectivity index (χ2v) is 8.42. The summed E-state index contributed by atoms with van der Waals surface area (Å²) in [6.45, 7) is 7.83. The first-order valence-corrected chi connectivity index (χ1v) is 11.4. The molecule has 0 spiro atoms. The lowest BCUT2D eigenvalue weighted by Gasteiger charge is -2.25. The van der Waals surface area contributed by atoms with Gasteiger partial charge in [0.2, 0.25) is 0 Å². The van der Waals surface area contributed by atoms with Gasteiger partial charge in [0.05, 0.1) is 19.1 Å². The molecule has 2 amide bonds. The number of hydrogen-bond donors (Lipinski definition) is 3. The number of aromatic hydroxyl groups is 1. The van der Waals surface area contributed by atoms with Crippen LogP contribution >= 0.6 is 0 Å². The monoisotopic (exact) mass is 477 g/mol. The maximum absolute atomic E-state index is 13.0. The minimum atomic E-state index is -0.730. The summed E-state index contributed by atoms with van der Waals surface area (Å²) in [5, 5.41) is 15.3. The highest BCUT2D eigenvalue weighted by molar-refractivity contribution is 5.91. The lowest BCUT2D eigenvalue weighted by Crippen LogP contribution is -2.36. The van der Waals surface area contributed by atoms with Crippen molar-refractivity contribution >= 4 is 17.7 Å². The van der Waals surface area contributed by atoms with E-state index in [4.69, 9.17) is 4.74 Å². The van der Waals surface area contributed by atoms with Crippen molar-refractivity contribution in [2.45, 2.75) is 40.2 Å². The Labute approximate surface area is 204 Å². The molecule has 0 saturated heterocycles. The molecule has 8 nitrogen and oxygen atoms in total. The number of aryl methyl sites for hydroxylation is 2. The van der Waals surface area contributed by atoms with Crippen LogP contribution in [0.2, 0.25) is 0 Å². The number of carbonyl (C=O) groups excluding carboxylic acids is 2. The molecule has 0 aliphatic heterocycles. The van der Waals surface area contributed by atoms with Gasteiger partial charge in [-0.15, -0.1) is 0 Å². The normalized spacial score (nSPS) is 11.6. The van der Waals surface area contributed by atoms with Crippen LogP contribution in [0.15, 0.2) is 53.5 Å². The van der Waals surface area contributed by atoms with Crippen LogP contribution in [0.3, 0.4) is 0 Å². The number of pyridine rings is 1. The number of nitrogens with one attached hydrogen (secondary N) is 2. The molecule has 1 atom stereocenters. The summed E-state index contributed by atoms with van der Waals surface area (Å²) >= 11 is 0. The molecule has 3 N–H and O–H groups in total. The zero-order valence-corrected chi connectivity index (χ0v) is 20.6. The Morgan fingerprint density at radius 3 is 2.43 bits per heavy atom. The molecular formula is C27H31N3O5. The standard InChI is InChI=1S/C27H31N3O5/c1-6-35-23(32)15-21(28-27(34)29-25-22(31)12-13-30(5)26(25)33)24-17(3)16(2)14-20(18(24)4)19-10-8-7-9-11-19/h7-14,21,31H,6,15H2,1-5H3,(H2,28,29,34). The second kappa shape index (κ2) is 10.9. The SMILES string of the molecule is CCOC(=O)CC(NC(=O)Nc1c(O)ccn(C)c1=O)c1c(C)c(C)cc(-c2ccccc2)c1C. The minimum absolute atomic E-state index is 0.0978. The Morgan fingerprint density at radius 2 is 1.77 bits per heavy atom. The van der Waals surface area contributed by atoms with Crippen LogP contribution in [0.4, 0.5) is 10.5 Å². The van der Waals surface area contributed by atoms with E-state index in [0.717, 1.165) is 33.4 Å². The zero-order valence-electron chi connectivity index (χ0n) is 20.6. The van der Waals surface area contributed by atoms with Crippen LogP contribution in [0.25, 0.3) is 11.1 Å². The highest BCUT2D eigenvalue weighted by atomic mass is 16.5. The predicted molar refractivity (Wildman–Crippen MR) is 136 cm³/mol. The lowest BCUT2D eigenvalue weighted by molar-refractivity contribution is -0.143. The summed E-state index contributed by atoms with van der Waals surface area (Å²) < 4.78 is 6.41. The third-order valence-corrected chi connectivity index (χ3v) is 6.06. The van der Waals surface area contributed by atoms with Gasteiger partial charge in [-0.2, -0.15) is 0 Å². The summed E-state index contributed by atoms with van der Waals surface area (Å²) in [6, 6.07) is 11.8. The van der Waals surface area contributed by atoms with E-state index in [1.54, 1.807) is 6.92 Å². The molecule has 0 aliphatic rings. The van der Waals surface area contributed by atoms with Gasteiger partial charge in [0.25, 0.3) is 5.56 Å². The largest absolute Gasteiger partial charge is 0.505 e. The molecule has 184 valence electrons. The van der Waals surface area contributed by atoms with E-state index in [1.807, 2.05) is 51.1 Å². The van der Waals surface area contributed by atoms with E-state index >= 15 is 0 Å². The fraction of sp³-hybridized carbons (Fsp3) is 0.296. The molecule has 35 heavy (non-hydrogen) atoms. The Hall–Kier alpha value is -4.07. The molecular weight excluding hydrogens is 446 g/mol. The van der Waals surface area contributed by atoms with Gasteiger partial charge in [0, 0.05) is 13.2 Å². The molecule has 1 heterocycles. The van der Waals surface area contributed by atoms with Crippen molar-refractivity contribution in [3.63, 3.8) is 0 Å². The van der Waals surface area contributed by atoms with Crippen molar-refractivity contribution in [3.05, 3.63) is 81.3 Å². The Morgan fingerprint density at radius 1 is 1.09 bits per heavy atom. The number of nitrogens with zero attached hydrogens (tertiary/aromatic N) is 1. The molecule has 2 aromatic carbocycles. The molecule has 1 unspecified atom stereocenters. The quantitative estimate of drug-likeness (QED) is 0.434. The molecule has 0 saturated carbocycles. The number of carbonyl (C=O) groups is 2. The van der Waals surface area contributed by atoms with Crippen LogP contribution in [-0.4, -0.2) is 28.3 Å². The number of anilines is 1. The summed E-state index contributed by atoms with van der Waals surface area (Å²) in [4.78, 5) is 37.9. The van der Waals surface area contributed by atoms with Crippen molar-refractivity contribution in [1.29, 1.82) is 0 Å². The van der Waals surface area contributed by atoms with Gasteiger partial charge < -0.3 is 25.0 Å². The van der Waals surface area contributed by atoms with Gasteiger partial charge in [0.15, 0.2) is 5.69 Å². The number of rotatable bonds is 7. The molecule has 1 aromatic heterocycles. The molecule has 3 aromatic rings. The van der Waals surface area contributed by atoms with E-state index in [1.165, 1.54) is 23.9 Å². The number of hydrogen-bond acceptors (Lipinski definition) is 5. The highest BCUT2D eigenvalue weighted by Crippen LogP contribution is 2.35. The Kier molecular flexibility index (Phi) is 7.96. The summed E-state index contributed by atoms with van der Waals surface area (Å²) in [7, 11) is 1.51. The third-order valence-electron chi connectivity index (χ3n) is 6.06. The number of benzene rings is 2. The number of esters is 1. The van der Waals surface area contributed by atoms with Crippen molar-refractivity contribution in [2.24, 2.45) is 7.05 Å². The fourth-order valence-electron chi connectivity index (χ4n) is 4.17. The van der Waals surface area contributed by atoms with Crippen molar-refractivity contribution in [3.8, 4) is 16.9 Å². The smallest absolute Gasteiger partial charge is 0.319 e. The number of aromatic nitrogens is 1. The van der Waals surface area contributed by atoms with E-state index in [9.17, 15) is 19.5 Å². The van der Waals surface area contributed by atoms with E-state index in [0.29, 0.717) is 0 Å². The van der Waals surface area contributed by atoms with E-state index in [-0.39, 0.29) is 24.5 Å². The van der Waals surface area contributed by atoms with Gasteiger partial charge in [-0.3, -0.25) is 9.59 Å². The van der Waals surface area contributed by atoms with Gasteiger partial charge in [0.1, 0.15) is 5.75 Å². The van der Waals surface area contributed by atoms with Gasteiger partial charge in [-0.1, -0.05) is 36.4 Å². The molecule has 0 bridgehead atoms. The second-order valence-electron chi connectivity index (χ2n) is 8.42. The Bertz CT molecular complexity index is 1300. The van der Waals surface area contributed by atoms with Gasteiger partial charge in [-0.25, -0.2) is 4.79 Å². The number of urea groups is 1. The lowest BCUT2D eigenvalue weighted by atomic mass is 9.86. The molecule has 0 fully saturated rings. The number of amides is 2. The van der Waals surface area contributed by atoms with Crippen LogP contribution in [-0.2, 0) is 16.6 Å². The molecule has 8 heteroatoms. The van der Waals surface area contributed by atoms with E-state index < -0.39 is 23.6 Å². The van der Waals surface area contributed by atoms with Crippen LogP contribution < -0.4 is 16.2 Å². The summed E-state index contributed by atoms with van der Waals surface area (Å²) in [6.07, 6.45) is 1.30. The molecule has 0 radical (unpaired) electrons. The predicted octanol–water partition coefficient (Wildman–Crippen LogP) is 4.50. The minimum Gasteiger partial charge on any atom is -0.505 e. The first kappa shape index (κ1) is 25.6. The average Bonchev–Trinajstić information content (AvgIpc) is 2.82. The zero-order chi connectivity index (χ0) is 25.7. The van der Waals surface area contributed by atoms with Crippen molar-refractivity contribution < 1.29 is 19.4 Å². The van der Waals surface area contributed by atoms with Crippen LogP contribution in [0.5, 0.6) is 5.75 Å². The average molecular weight is 478 g/mol. The van der Waals surface area contributed by atoms with Gasteiger partial charge in [-0.05, 0) is 67.1 Å².